The summed E-state index contributed by atoms with van der Waals surface area (Å²) in [5.41, 5.74) is 1.03. The number of fused-ring (bicyclic) bond motifs is 1. The molecule has 0 aliphatic rings. The first-order valence-electron chi connectivity index (χ1n) is 4.58. The van der Waals surface area contributed by atoms with Crippen molar-refractivity contribution >= 4 is 27.1 Å². The molecule has 5 nitrogen and oxygen atoms in total. The largest absolute Gasteiger partial charge is 0.328 e. The molecule has 2 rings (SSSR count). The molecule has 0 amide bonds. The molecule has 0 spiro atoms. The SMILES string of the molecule is Cn1cnc2c1c(=O)nc(CCBr)n2C. The fraction of sp³-hybridized carbons (Fsp3) is 0.444. The molecule has 0 unspecified atom stereocenters. The van der Waals surface area contributed by atoms with Crippen molar-refractivity contribution in [1.29, 1.82) is 0 Å². The Hall–Kier alpha value is -1.17. The van der Waals surface area contributed by atoms with E-state index in [0.717, 1.165) is 17.6 Å². The molecule has 0 atom stereocenters. The summed E-state index contributed by atoms with van der Waals surface area (Å²) >= 11 is 3.33. The van der Waals surface area contributed by atoms with Crippen LogP contribution in [0.5, 0.6) is 0 Å². The number of aromatic nitrogens is 4. The van der Waals surface area contributed by atoms with E-state index in [2.05, 4.69) is 25.9 Å². The van der Waals surface area contributed by atoms with Gasteiger partial charge in [-0.2, -0.15) is 4.98 Å². The molecular weight excluding hydrogens is 260 g/mol. The summed E-state index contributed by atoms with van der Waals surface area (Å²) in [6.07, 6.45) is 2.35. The topological polar surface area (TPSA) is 52.7 Å². The third-order valence-electron chi connectivity index (χ3n) is 2.37. The van der Waals surface area contributed by atoms with E-state index in [9.17, 15) is 4.79 Å². The fourth-order valence-electron chi connectivity index (χ4n) is 1.59. The van der Waals surface area contributed by atoms with Crippen molar-refractivity contribution in [3.8, 4) is 0 Å². The third kappa shape index (κ3) is 1.58. The summed E-state index contributed by atoms with van der Waals surface area (Å²) in [6, 6.07) is 0. The minimum absolute atomic E-state index is 0.209. The zero-order chi connectivity index (χ0) is 11.0. The molecule has 0 aromatic carbocycles. The molecule has 2 aromatic heterocycles. The number of rotatable bonds is 2. The van der Waals surface area contributed by atoms with E-state index >= 15 is 0 Å². The Morgan fingerprint density at radius 1 is 1.47 bits per heavy atom. The lowest BCUT2D eigenvalue weighted by Gasteiger charge is -2.06. The number of nitrogens with zero attached hydrogens (tertiary/aromatic N) is 4. The van der Waals surface area contributed by atoms with Crippen molar-refractivity contribution in [2.75, 3.05) is 5.33 Å². The Morgan fingerprint density at radius 2 is 2.20 bits per heavy atom. The molecule has 15 heavy (non-hydrogen) atoms. The minimum Gasteiger partial charge on any atom is -0.328 e. The normalized spacial score (nSPS) is 11.1. The van der Waals surface area contributed by atoms with Crippen LogP contribution in [0.15, 0.2) is 11.1 Å². The smallest absolute Gasteiger partial charge is 0.299 e. The van der Waals surface area contributed by atoms with Crippen molar-refractivity contribution in [1.82, 2.24) is 19.1 Å². The molecule has 0 N–H and O–H groups in total. The predicted octanol–water partition coefficient (Wildman–Crippen LogP) is 0.604. The number of aryl methyl sites for hydroxylation is 3. The van der Waals surface area contributed by atoms with E-state index in [0.29, 0.717) is 11.2 Å². The Kier molecular flexibility index (Phi) is 2.60. The second kappa shape index (κ2) is 3.77. The van der Waals surface area contributed by atoms with Crippen molar-refractivity contribution in [2.24, 2.45) is 14.1 Å². The van der Waals surface area contributed by atoms with Crippen LogP contribution in [0.4, 0.5) is 0 Å². The van der Waals surface area contributed by atoms with E-state index in [1.807, 2.05) is 11.6 Å². The zero-order valence-electron chi connectivity index (χ0n) is 8.57. The maximum atomic E-state index is 11.7. The van der Waals surface area contributed by atoms with E-state index in [-0.39, 0.29) is 5.56 Å². The Morgan fingerprint density at radius 3 is 2.87 bits per heavy atom. The number of hydrogen-bond acceptors (Lipinski definition) is 3. The van der Waals surface area contributed by atoms with Crippen LogP contribution >= 0.6 is 15.9 Å². The van der Waals surface area contributed by atoms with Crippen LogP contribution in [0.3, 0.4) is 0 Å². The van der Waals surface area contributed by atoms with Gasteiger partial charge >= 0.3 is 0 Å². The van der Waals surface area contributed by atoms with Gasteiger partial charge < -0.3 is 9.13 Å². The number of halogens is 1. The van der Waals surface area contributed by atoms with Crippen molar-refractivity contribution in [2.45, 2.75) is 6.42 Å². The summed E-state index contributed by atoms with van der Waals surface area (Å²) in [7, 11) is 3.67. The van der Waals surface area contributed by atoms with Crippen LogP contribution in [0.1, 0.15) is 5.82 Å². The van der Waals surface area contributed by atoms with E-state index in [4.69, 9.17) is 0 Å². The van der Waals surface area contributed by atoms with Gasteiger partial charge in [0.1, 0.15) is 5.82 Å². The highest BCUT2D eigenvalue weighted by Gasteiger charge is 2.11. The summed E-state index contributed by atoms with van der Waals surface area (Å²) < 4.78 is 3.56. The lowest BCUT2D eigenvalue weighted by molar-refractivity contribution is 0.784. The molecule has 0 aliphatic heterocycles. The van der Waals surface area contributed by atoms with Gasteiger partial charge in [0.25, 0.3) is 5.56 Å². The van der Waals surface area contributed by atoms with Gasteiger partial charge in [-0.25, -0.2) is 4.98 Å². The first-order valence-corrected chi connectivity index (χ1v) is 5.70. The summed E-state index contributed by atoms with van der Waals surface area (Å²) in [6.45, 7) is 0. The van der Waals surface area contributed by atoms with E-state index in [1.165, 1.54) is 0 Å². The van der Waals surface area contributed by atoms with Crippen molar-refractivity contribution < 1.29 is 0 Å². The third-order valence-corrected chi connectivity index (χ3v) is 2.77. The van der Waals surface area contributed by atoms with E-state index in [1.54, 1.807) is 17.9 Å². The van der Waals surface area contributed by atoms with Crippen LogP contribution in [0.25, 0.3) is 11.2 Å². The molecule has 0 saturated carbocycles. The highest BCUT2D eigenvalue weighted by Crippen LogP contribution is 2.07. The predicted molar refractivity (Wildman–Crippen MR) is 61.2 cm³/mol. The molecule has 6 heteroatoms. The van der Waals surface area contributed by atoms with E-state index < -0.39 is 0 Å². The minimum atomic E-state index is -0.209. The number of imidazole rings is 1. The van der Waals surface area contributed by atoms with Gasteiger partial charge in [0.2, 0.25) is 0 Å². The fourth-order valence-corrected chi connectivity index (χ4v) is 1.94. The number of hydrogen-bond donors (Lipinski definition) is 0. The second-order valence-electron chi connectivity index (χ2n) is 3.36. The molecule has 0 radical (unpaired) electrons. The van der Waals surface area contributed by atoms with Crippen LogP contribution in [0, 0.1) is 0 Å². The second-order valence-corrected chi connectivity index (χ2v) is 4.15. The lowest BCUT2D eigenvalue weighted by atomic mass is 10.4. The van der Waals surface area contributed by atoms with Gasteiger partial charge in [-0.05, 0) is 0 Å². The summed E-state index contributed by atoms with van der Waals surface area (Å²) in [5, 5.41) is 0.783. The average molecular weight is 271 g/mol. The molecule has 0 fully saturated rings. The quantitative estimate of drug-likeness (QED) is 0.752. The Balaban J connectivity index is 2.80. The van der Waals surface area contributed by atoms with Gasteiger partial charge in [0.15, 0.2) is 11.2 Å². The highest BCUT2D eigenvalue weighted by atomic mass is 79.9. The van der Waals surface area contributed by atoms with Crippen LogP contribution in [-0.4, -0.2) is 24.4 Å². The van der Waals surface area contributed by atoms with Crippen LogP contribution in [0.2, 0.25) is 0 Å². The number of alkyl halides is 1. The average Bonchev–Trinajstić information content (AvgIpc) is 2.57. The first kappa shape index (κ1) is 10.4. The first-order chi connectivity index (χ1) is 7.15. The maximum absolute atomic E-state index is 11.7. The molecule has 80 valence electrons. The summed E-state index contributed by atoms with van der Waals surface area (Å²) in [5.74, 6) is 0.753. The standard InChI is InChI=1S/C9H11BrN4O/c1-13-5-11-8-7(13)9(15)12-6(3-4-10)14(8)2/h5H,3-4H2,1-2H3. The molecule has 0 saturated heterocycles. The molecule has 0 aliphatic carbocycles. The van der Waals surface area contributed by atoms with Gasteiger partial charge in [0.05, 0.1) is 6.33 Å². The van der Waals surface area contributed by atoms with Gasteiger partial charge in [-0.15, -0.1) is 0 Å². The maximum Gasteiger partial charge on any atom is 0.299 e. The van der Waals surface area contributed by atoms with Gasteiger partial charge in [0, 0.05) is 25.8 Å². The molecule has 0 bridgehead atoms. The molecule has 2 aromatic rings. The lowest BCUT2D eigenvalue weighted by Crippen LogP contribution is -2.18. The monoisotopic (exact) mass is 270 g/mol. The Bertz CT molecular complexity index is 557. The summed E-state index contributed by atoms with van der Waals surface area (Å²) in [4.78, 5) is 19.9. The van der Waals surface area contributed by atoms with Crippen molar-refractivity contribution in [3.05, 3.63) is 22.5 Å². The van der Waals surface area contributed by atoms with Crippen LogP contribution < -0.4 is 5.56 Å². The highest BCUT2D eigenvalue weighted by molar-refractivity contribution is 9.09. The molecular formula is C9H11BrN4O. The van der Waals surface area contributed by atoms with Gasteiger partial charge in [-0.1, -0.05) is 15.9 Å². The van der Waals surface area contributed by atoms with Crippen LogP contribution in [-0.2, 0) is 20.5 Å². The zero-order valence-corrected chi connectivity index (χ0v) is 10.2. The molecule has 2 heterocycles. The van der Waals surface area contributed by atoms with Crippen molar-refractivity contribution in [3.63, 3.8) is 0 Å². The Labute approximate surface area is 94.9 Å². The van der Waals surface area contributed by atoms with Gasteiger partial charge in [-0.3, -0.25) is 4.79 Å².